The van der Waals surface area contributed by atoms with Gasteiger partial charge in [-0.1, -0.05) is 41.9 Å². The normalized spacial score (nSPS) is 11.0. The summed E-state index contributed by atoms with van der Waals surface area (Å²) in [5.74, 6) is -0.304. The van der Waals surface area contributed by atoms with Gasteiger partial charge >= 0.3 is 0 Å². The van der Waals surface area contributed by atoms with Crippen LogP contribution >= 0.6 is 22.9 Å². The van der Waals surface area contributed by atoms with Crippen LogP contribution in [0.3, 0.4) is 0 Å². The fourth-order valence-corrected chi connectivity index (χ4v) is 4.04. The molecule has 4 rings (SSSR count). The van der Waals surface area contributed by atoms with Crippen LogP contribution in [0.15, 0.2) is 48.5 Å². The Morgan fingerprint density at radius 2 is 1.85 bits per heavy atom. The minimum absolute atomic E-state index is 0.0229. The molecule has 0 aliphatic carbocycles. The van der Waals surface area contributed by atoms with Gasteiger partial charge in [0.25, 0.3) is 5.91 Å². The first-order chi connectivity index (χ1) is 12.6. The molecule has 2 aromatic heterocycles. The van der Waals surface area contributed by atoms with Crippen LogP contribution in [-0.2, 0) is 11.2 Å². The number of aromatic nitrogens is 2. The maximum atomic E-state index is 12.3. The summed E-state index contributed by atoms with van der Waals surface area (Å²) < 4.78 is 0.913. The van der Waals surface area contributed by atoms with Crippen molar-refractivity contribution in [3.05, 3.63) is 64.3 Å². The Labute approximate surface area is 157 Å². The molecule has 2 heterocycles. The quantitative estimate of drug-likeness (QED) is 0.473. The predicted octanol–water partition coefficient (Wildman–Crippen LogP) is 3.43. The van der Waals surface area contributed by atoms with Crippen molar-refractivity contribution in [2.45, 2.75) is 6.42 Å². The molecule has 0 saturated carbocycles. The van der Waals surface area contributed by atoms with Gasteiger partial charge in [-0.05, 0) is 18.2 Å². The first-order valence-electron chi connectivity index (χ1n) is 7.81. The number of para-hydroxylation sites is 2. The van der Waals surface area contributed by atoms with Crippen molar-refractivity contribution in [1.29, 1.82) is 0 Å². The fraction of sp³-hybridized carbons (Fsp3) is 0.0556. The minimum atomic E-state index is -0.450. The number of amides is 2. The summed E-state index contributed by atoms with van der Waals surface area (Å²) in [6.07, 6.45) is 0.0229. The molecule has 0 bridgehead atoms. The molecule has 0 unspecified atom stereocenters. The molecule has 0 saturated heterocycles. The highest BCUT2D eigenvalue weighted by atomic mass is 35.5. The van der Waals surface area contributed by atoms with Gasteiger partial charge in [0.05, 0.1) is 22.5 Å². The number of hydrogen-bond donors (Lipinski definition) is 3. The molecule has 2 amide bonds. The van der Waals surface area contributed by atoms with Crippen LogP contribution in [0.5, 0.6) is 0 Å². The molecule has 0 aliphatic heterocycles. The smallest absolute Gasteiger partial charge is 0.281 e. The molecule has 3 N–H and O–H groups in total. The highest BCUT2D eigenvalue weighted by molar-refractivity contribution is 7.21. The Bertz CT molecular complexity index is 1100. The summed E-state index contributed by atoms with van der Waals surface area (Å²) >= 11 is 7.54. The third-order valence-electron chi connectivity index (χ3n) is 3.82. The number of halogens is 1. The zero-order valence-corrected chi connectivity index (χ0v) is 14.9. The number of hydrogen-bond acceptors (Lipinski definition) is 4. The van der Waals surface area contributed by atoms with Crippen molar-refractivity contribution in [2.24, 2.45) is 0 Å². The molecule has 2 aromatic carbocycles. The van der Waals surface area contributed by atoms with E-state index in [4.69, 9.17) is 11.6 Å². The van der Waals surface area contributed by atoms with Crippen molar-refractivity contribution >= 4 is 55.9 Å². The third kappa shape index (κ3) is 3.14. The number of H-pyrrole nitrogens is 1. The number of carbonyl (C=O) groups is 2. The van der Waals surface area contributed by atoms with Crippen LogP contribution in [0.4, 0.5) is 0 Å². The molecule has 0 atom stereocenters. The number of fused-ring (bicyclic) bond motifs is 2. The highest BCUT2D eigenvalue weighted by Crippen LogP contribution is 2.34. The number of carbonyl (C=O) groups excluding carboxylic acids is 2. The van der Waals surface area contributed by atoms with Gasteiger partial charge in [0.2, 0.25) is 5.91 Å². The SMILES string of the molecule is O=C(Cc1nc2ccccc2[nH]1)NNC(=O)c1sc2ccccc2c1Cl. The molecule has 0 fully saturated rings. The lowest BCUT2D eigenvalue weighted by Crippen LogP contribution is -2.42. The molecular formula is C18H13ClN4O2S. The summed E-state index contributed by atoms with van der Waals surface area (Å²) in [4.78, 5) is 32.1. The van der Waals surface area contributed by atoms with E-state index in [2.05, 4.69) is 20.8 Å². The molecule has 0 spiro atoms. The van der Waals surface area contributed by atoms with Gasteiger partial charge in [-0.2, -0.15) is 0 Å². The number of nitrogens with one attached hydrogen (secondary N) is 3. The fourth-order valence-electron chi connectivity index (χ4n) is 2.63. The standard InChI is InChI=1S/C18H13ClN4O2S/c19-16-10-5-1-4-8-13(10)26-17(16)18(25)23-22-15(24)9-14-20-11-6-2-3-7-12(11)21-14/h1-8H,9H2,(H,20,21)(H,22,24)(H,23,25). The number of imidazole rings is 1. The van der Waals surface area contributed by atoms with Crippen LogP contribution in [0.1, 0.15) is 15.5 Å². The van der Waals surface area contributed by atoms with Crippen molar-refractivity contribution in [3.63, 3.8) is 0 Å². The molecular weight excluding hydrogens is 372 g/mol. The van der Waals surface area contributed by atoms with Crippen LogP contribution in [0, 0.1) is 0 Å². The second-order valence-electron chi connectivity index (χ2n) is 5.62. The van der Waals surface area contributed by atoms with Gasteiger partial charge in [-0.15, -0.1) is 11.3 Å². The van der Waals surface area contributed by atoms with Crippen LogP contribution < -0.4 is 10.9 Å². The van der Waals surface area contributed by atoms with E-state index < -0.39 is 5.91 Å². The molecule has 6 nitrogen and oxygen atoms in total. The van der Waals surface area contributed by atoms with E-state index in [1.807, 2.05) is 48.5 Å². The van der Waals surface area contributed by atoms with Crippen LogP contribution in [0.25, 0.3) is 21.1 Å². The second kappa shape index (κ2) is 6.78. The second-order valence-corrected chi connectivity index (χ2v) is 7.05. The molecule has 26 heavy (non-hydrogen) atoms. The summed E-state index contributed by atoms with van der Waals surface area (Å²) in [7, 11) is 0. The average Bonchev–Trinajstić information content (AvgIpc) is 3.20. The molecule has 0 aliphatic rings. The van der Waals surface area contributed by atoms with E-state index in [-0.39, 0.29) is 12.3 Å². The van der Waals surface area contributed by atoms with Gasteiger partial charge < -0.3 is 4.98 Å². The Balaban J connectivity index is 1.41. The maximum Gasteiger partial charge on any atom is 0.281 e. The zero-order valence-electron chi connectivity index (χ0n) is 13.4. The van der Waals surface area contributed by atoms with E-state index >= 15 is 0 Å². The van der Waals surface area contributed by atoms with E-state index in [0.29, 0.717) is 15.7 Å². The molecule has 8 heteroatoms. The van der Waals surface area contributed by atoms with Crippen molar-refractivity contribution < 1.29 is 9.59 Å². The lowest BCUT2D eigenvalue weighted by Gasteiger charge is -2.05. The number of hydrazine groups is 1. The highest BCUT2D eigenvalue weighted by Gasteiger charge is 2.17. The summed E-state index contributed by atoms with van der Waals surface area (Å²) in [5.41, 5.74) is 6.44. The monoisotopic (exact) mass is 384 g/mol. The van der Waals surface area contributed by atoms with E-state index in [9.17, 15) is 9.59 Å². The lowest BCUT2D eigenvalue weighted by atomic mass is 10.2. The summed E-state index contributed by atoms with van der Waals surface area (Å²) in [6.45, 7) is 0. The van der Waals surface area contributed by atoms with E-state index in [1.165, 1.54) is 11.3 Å². The Morgan fingerprint density at radius 1 is 1.08 bits per heavy atom. The van der Waals surface area contributed by atoms with E-state index in [1.54, 1.807) is 0 Å². The van der Waals surface area contributed by atoms with Crippen LogP contribution in [-0.4, -0.2) is 21.8 Å². The first-order valence-corrected chi connectivity index (χ1v) is 9.01. The van der Waals surface area contributed by atoms with Gasteiger partial charge in [-0.3, -0.25) is 20.4 Å². The van der Waals surface area contributed by atoms with Crippen molar-refractivity contribution in [3.8, 4) is 0 Å². The Hall–Kier alpha value is -2.90. The van der Waals surface area contributed by atoms with Gasteiger partial charge in [0.15, 0.2) is 0 Å². The van der Waals surface area contributed by atoms with Crippen molar-refractivity contribution in [1.82, 2.24) is 20.8 Å². The molecule has 4 aromatic rings. The van der Waals surface area contributed by atoms with Gasteiger partial charge in [0.1, 0.15) is 10.7 Å². The lowest BCUT2D eigenvalue weighted by molar-refractivity contribution is -0.121. The average molecular weight is 385 g/mol. The maximum absolute atomic E-state index is 12.3. The Kier molecular flexibility index (Phi) is 4.32. The van der Waals surface area contributed by atoms with E-state index in [0.717, 1.165) is 21.1 Å². The number of nitrogens with zero attached hydrogens (tertiary/aromatic N) is 1. The zero-order chi connectivity index (χ0) is 18.1. The third-order valence-corrected chi connectivity index (χ3v) is 5.50. The van der Waals surface area contributed by atoms with Gasteiger partial charge in [0, 0.05) is 10.1 Å². The number of benzene rings is 2. The summed E-state index contributed by atoms with van der Waals surface area (Å²) in [6, 6.07) is 15.0. The van der Waals surface area contributed by atoms with Gasteiger partial charge in [-0.25, -0.2) is 4.98 Å². The minimum Gasteiger partial charge on any atom is -0.342 e. The molecule has 0 radical (unpaired) electrons. The van der Waals surface area contributed by atoms with Crippen LogP contribution in [0.2, 0.25) is 5.02 Å². The molecule has 130 valence electrons. The Morgan fingerprint density at radius 3 is 2.65 bits per heavy atom. The number of thiophene rings is 1. The topological polar surface area (TPSA) is 86.9 Å². The van der Waals surface area contributed by atoms with Crippen molar-refractivity contribution in [2.75, 3.05) is 0 Å². The number of rotatable bonds is 3. The largest absolute Gasteiger partial charge is 0.342 e. The first kappa shape index (κ1) is 16.6. The predicted molar refractivity (Wildman–Crippen MR) is 102 cm³/mol. The number of aromatic amines is 1. The summed E-state index contributed by atoms with van der Waals surface area (Å²) in [5, 5.41) is 1.20.